The molecule has 2 N–H and O–H groups in total. The van der Waals surface area contributed by atoms with Gasteiger partial charge in [0, 0.05) is 5.02 Å². The van der Waals surface area contributed by atoms with Crippen molar-refractivity contribution in [1.29, 1.82) is 0 Å². The number of carbonyl (C=O) groups excluding carboxylic acids is 1. The summed E-state index contributed by atoms with van der Waals surface area (Å²) in [6.45, 7) is 5.03. The van der Waals surface area contributed by atoms with Crippen LogP contribution in [0.15, 0.2) is 18.2 Å². The van der Waals surface area contributed by atoms with Crippen LogP contribution < -0.4 is 10.1 Å². The number of carbonyl (C=O) groups is 2. The lowest BCUT2D eigenvalue weighted by Gasteiger charge is -2.18. The molecule has 1 unspecified atom stereocenters. The summed E-state index contributed by atoms with van der Waals surface area (Å²) in [6, 6.07) is 4.14. The Hall–Kier alpha value is -1.75. The zero-order valence-electron chi connectivity index (χ0n) is 11.6. The van der Waals surface area contributed by atoms with Gasteiger partial charge in [-0.25, -0.2) is 4.79 Å². The van der Waals surface area contributed by atoms with E-state index in [9.17, 15) is 9.59 Å². The monoisotopic (exact) mass is 299 g/mol. The number of ether oxygens (including phenoxy) is 1. The highest BCUT2D eigenvalue weighted by Crippen LogP contribution is 2.21. The summed E-state index contributed by atoms with van der Waals surface area (Å²) in [7, 11) is 0. The third-order valence-corrected chi connectivity index (χ3v) is 2.98. The Balaban J connectivity index is 2.57. The first-order chi connectivity index (χ1) is 9.31. The number of carboxylic acids is 1. The number of benzene rings is 1. The summed E-state index contributed by atoms with van der Waals surface area (Å²) in [5.74, 6) is -1.19. The lowest BCUT2D eigenvalue weighted by atomic mass is 10.1. The number of halogens is 1. The average molecular weight is 300 g/mol. The van der Waals surface area contributed by atoms with Gasteiger partial charge in [-0.05, 0) is 36.6 Å². The van der Waals surface area contributed by atoms with Gasteiger partial charge in [-0.3, -0.25) is 4.79 Å². The molecule has 6 heteroatoms. The fourth-order valence-electron chi connectivity index (χ4n) is 1.65. The maximum Gasteiger partial charge on any atom is 0.326 e. The lowest BCUT2D eigenvalue weighted by molar-refractivity contribution is -0.143. The van der Waals surface area contributed by atoms with Crippen LogP contribution in [-0.2, 0) is 9.59 Å². The highest BCUT2D eigenvalue weighted by molar-refractivity contribution is 6.30. The molecule has 0 aliphatic rings. The molecule has 1 aromatic rings. The molecule has 0 aliphatic heterocycles. The summed E-state index contributed by atoms with van der Waals surface area (Å²) in [5.41, 5.74) is 0.809. The summed E-state index contributed by atoms with van der Waals surface area (Å²) < 4.78 is 5.35. The first-order valence-corrected chi connectivity index (χ1v) is 6.60. The summed E-state index contributed by atoms with van der Waals surface area (Å²) >= 11 is 5.82. The van der Waals surface area contributed by atoms with Crippen LogP contribution in [-0.4, -0.2) is 29.6 Å². The quantitative estimate of drug-likeness (QED) is 0.845. The van der Waals surface area contributed by atoms with Gasteiger partial charge in [-0.15, -0.1) is 0 Å². The second kappa shape index (κ2) is 7.14. The van der Waals surface area contributed by atoms with Crippen LogP contribution in [0, 0.1) is 12.8 Å². The summed E-state index contributed by atoms with van der Waals surface area (Å²) in [5, 5.41) is 12.0. The highest BCUT2D eigenvalue weighted by atomic mass is 35.5. The van der Waals surface area contributed by atoms with Crippen molar-refractivity contribution in [2.45, 2.75) is 26.8 Å². The largest absolute Gasteiger partial charge is 0.484 e. The van der Waals surface area contributed by atoms with Gasteiger partial charge >= 0.3 is 5.97 Å². The van der Waals surface area contributed by atoms with Crippen molar-refractivity contribution in [2.75, 3.05) is 6.61 Å². The topological polar surface area (TPSA) is 75.6 Å². The van der Waals surface area contributed by atoms with Gasteiger partial charge in [0.05, 0.1) is 0 Å². The van der Waals surface area contributed by atoms with Crippen LogP contribution in [0.3, 0.4) is 0 Å². The van der Waals surface area contributed by atoms with Gasteiger partial charge in [0.25, 0.3) is 5.91 Å². The van der Waals surface area contributed by atoms with Crippen LogP contribution in [0.5, 0.6) is 5.75 Å². The Morgan fingerprint density at radius 2 is 2.05 bits per heavy atom. The fourth-order valence-corrected chi connectivity index (χ4v) is 1.87. The minimum Gasteiger partial charge on any atom is -0.484 e. The van der Waals surface area contributed by atoms with Gasteiger partial charge in [-0.2, -0.15) is 0 Å². The standard InChI is InChI=1S/C14H18ClNO4/c1-8(2)13(14(18)19)16-12(17)7-20-11-5-4-10(15)6-9(11)3/h4-6,8,13H,7H2,1-3H3,(H,16,17)(H,18,19). The number of carboxylic acid groups (broad SMARTS) is 1. The van der Waals surface area contributed by atoms with E-state index in [1.165, 1.54) is 0 Å². The molecule has 0 bridgehead atoms. The van der Waals surface area contributed by atoms with Crippen molar-refractivity contribution in [3.05, 3.63) is 28.8 Å². The van der Waals surface area contributed by atoms with Gasteiger partial charge in [-0.1, -0.05) is 25.4 Å². The number of rotatable bonds is 6. The van der Waals surface area contributed by atoms with Gasteiger partial charge < -0.3 is 15.2 Å². The molecule has 0 heterocycles. The molecular formula is C14H18ClNO4. The average Bonchev–Trinajstić information content (AvgIpc) is 2.34. The van der Waals surface area contributed by atoms with E-state index < -0.39 is 17.9 Å². The van der Waals surface area contributed by atoms with E-state index in [-0.39, 0.29) is 12.5 Å². The molecule has 0 fully saturated rings. The number of amides is 1. The van der Waals surface area contributed by atoms with Crippen LogP contribution in [0.25, 0.3) is 0 Å². The molecular weight excluding hydrogens is 282 g/mol. The smallest absolute Gasteiger partial charge is 0.326 e. The maximum atomic E-state index is 11.7. The minimum atomic E-state index is -1.06. The van der Waals surface area contributed by atoms with Gasteiger partial charge in [0.15, 0.2) is 6.61 Å². The highest BCUT2D eigenvalue weighted by Gasteiger charge is 2.23. The number of hydrogen-bond acceptors (Lipinski definition) is 3. The Bertz CT molecular complexity index is 502. The molecule has 0 aliphatic carbocycles. The molecule has 1 amide bonds. The zero-order chi connectivity index (χ0) is 15.3. The fraction of sp³-hybridized carbons (Fsp3) is 0.429. The molecule has 0 aromatic heterocycles. The Morgan fingerprint density at radius 3 is 2.55 bits per heavy atom. The molecule has 1 aromatic carbocycles. The maximum absolute atomic E-state index is 11.7. The molecule has 0 spiro atoms. The second-order valence-electron chi connectivity index (χ2n) is 4.83. The van der Waals surface area contributed by atoms with Crippen molar-refractivity contribution in [3.8, 4) is 5.75 Å². The first-order valence-electron chi connectivity index (χ1n) is 6.22. The van der Waals surface area contributed by atoms with E-state index in [0.29, 0.717) is 10.8 Å². The van der Waals surface area contributed by atoms with Crippen LogP contribution in [0.4, 0.5) is 0 Å². The van der Waals surface area contributed by atoms with Crippen LogP contribution in [0.2, 0.25) is 5.02 Å². The van der Waals surface area contributed by atoms with E-state index in [0.717, 1.165) is 5.56 Å². The lowest BCUT2D eigenvalue weighted by Crippen LogP contribution is -2.46. The van der Waals surface area contributed by atoms with E-state index in [1.54, 1.807) is 32.0 Å². The predicted octanol–water partition coefficient (Wildman–Crippen LogP) is 2.25. The predicted molar refractivity (Wildman–Crippen MR) is 76.1 cm³/mol. The van der Waals surface area contributed by atoms with Gasteiger partial charge in [0.1, 0.15) is 11.8 Å². The molecule has 110 valence electrons. The first kappa shape index (κ1) is 16.3. The van der Waals surface area contributed by atoms with Crippen molar-refractivity contribution < 1.29 is 19.4 Å². The Labute approximate surface area is 122 Å². The van der Waals surface area contributed by atoms with Crippen LogP contribution >= 0.6 is 11.6 Å². The van der Waals surface area contributed by atoms with E-state index >= 15 is 0 Å². The van der Waals surface area contributed by atoms with Crippen molar-refractivity contribution in [3.63, 3.8) is 0 Å². The molecule has 0 saturated carbocycles. The van der Waals surface area contributed by atoms with E-state index in [1.807, 2.05) is 6.92 Å². The number of nitrogens with one attached hydrogen (secondary N) is 1. The van der Waals surface area contributed by atoms with Crippen molar-refractivity contribution in [1.82, 2.24) is 5.32 Å². The SMILES string of the molecule is Cc1cc(Cl)ccc1OCC(=O)NC(C(=O)O)C(C)C. The second-order valence-corrected chi connectivity index (χ2v) is 5.26. The minimum absolute atomic E-state index is 0.200. The van der Waals surface area contributed by atoms with Crippen molar-refractivity contribution >= 4 is 23.5 Å². The molecule has 20 heavy (non-hydrogen) atoms. The molecule has 1 rings (SSSR count). The number of aliphatic carboxylic acids is 1. The summed E-state index contributed by atoms with van der Waals surface area (Å²) in [6.07, 6.45) is 0. The normalized spacial score (nSPS) is 12.1. The third-order valence-electron chi connectivity index (χ3n) is 2.74. The number of aryl methyl sites for hydroxylation is 1. The number of hydrogen-bond donors (Lipinski definition) is 2. The molecule has 0 saturated heterocycles. The molecule has 0 radical (unpaired) electrons. The third kappa shape index (κ3) is 4.74. The Kier molecular flexibility index (Phi) is 5.82. The Morgan fingerprint density at radius 1 is 1.40 bits per heavy atom. The van der Waals surface area contributed by atoms with Crippen LogP contribution in [0.1, 0.15) is 19.4 Å². The van der Waals surface area contributed by atoms with E-state index in [2.05, 4.69) is 5.32 Å². The molecule has 1 atom stereocenters. The van der Waals surface area contributed by atoms with E-state index in [4.69, 9.17) is 21.4 Å². The van der Waals surface area contributed by atoms with Crippen molar-refractivity contribution in [2.24, 2.45) is 5.92 Å². The van der Waals surface area contributed by atoms with Gasteiger partial charge in [0.2, 0.25) is 0 Å². The summed E-state index contributed by atoms with van der Waals surface area (Å²) in [4.78, 5) is 22.7. The molecule has 5 nitrogen and oxygen atoms in total. The zero-order valence-corrected chi connectivity index (χ0v) is 12.4.